The van der Waals surface area contributed by atoms with E-state index in [9.17, 15) is 9.59 Å². The van der Waals surface area contributed by atoms with Gasteiger partial charge in [-0.25, -0.2) is 0 Å². The van der Waals surface area contributed by atoms with Crippen molar-refractivity contribution in [3.8, 4) is 0 Å². The molecule has 2 heterocycles. The van der Waals surface area contributed by atoms with Gasteiger partial charge in [0.25, 0.3) is 5.56 Å². The SMILES string of the molecule is C=CCn1c(=O)c2ccccc2n2c(SC(C)C(=O)Nc3cccc(Cl)c3)nnc12. The largest absolute Gasteiger partial charge is 0.325 e. The quantitative estimate of drug-likeness (QED) is 0.362. The van der Waals surface area contributed by atoms with Crippen molar-refractivity contribution in [3.63, 3.8) is 0 Å². The Labute approximate surface area is 181 Å². The number of amides is 1. The number of nitrogens with zero attached hydrogens (tertiary/aromatic N) is 4. The molecule has 2 aromatic heterocycles. The third-order valence-corrected chi connectivity index (χ3v) is 5.81. The fourth-order valence-corrected chi connectivity index (χ4v) is 4.17. The monoisotopic (exact) mass is 439 g/mol. The Bertz CT molecular complexity index is 1330. The highest BCUT2D eigenvalue weighted by Gasteiger charge is 2.21. The summed E-state index contributed by atoms with van der Waals surface area (Å²) in [6.07, 6.45) is 1.64. The van der Waals surface area contributed by atoms with Crippen molar-refractivity contribution in [1.29, 1.82) is 0 Å². The lowest BCUT2D eigenvalue weighted by Gasteiger charge is -2.13. The molecule has 7 nitrogen and oxygen atoms in total. The van der Waals surface area contributed by atoms with E-state index in [0.29, 0.717) is 39.1 Å². The van der Waals surface area contributed by atoms with Crippen LogP contribution in [0.5, 0.6) is 0 Å². The molecule has 1 unspecified atom stereocenters. The fraction of sp³-hybridized carbons (Fsp3) is 0.143. The van der Waals surface area contributed by atoms with Crippen LogP contribution < -0.4 is 10.9 Å². The number of benzene rings is 2. The number of hydrogen-bond donors (Lipinski definition) is 1. The number of halogens is 1. The van der Waals surface area contributed by atoms with Gasteiger partial charge < -0.3 is 5.32 Å². The van der Waals surface area contributed by atoms with Crippen LogP contribution in [0.2, 0.25) is 5.02 Å². The summed E-state index contributed by atoms with van der Waals surface area (Å²) in [5.41, 5.74) is 1.15. The molecule has 0 fully saturated rings. The van der Waals surface area contributed by atoms with Crippen molar-refractivity contribution in [3.05, 3.63) is 76.6 Å². The molecule has 0 radical (unpaired) electrons. The Morgan fingerprint density at radius 3 is 2.83 bits per heavy atom. The number of nitrogens with one attached hydrogen (secondary N) is 1. The van der Waals surface area contributed by atoms with Crippen molar-refractivity contribution >= 4 is 51.6 Å². The van der Waals surface area contributed by atoms with Crippen molar-refractivity contribution in [2.24, 2.45) is 0 Å². The highest BCUT2D eigenvalue weighted by molar-refractivity contribution is 8.00. The topological polar surface area (TPSA) is 81.3 Å². The minimum Gasteiger partial charge on any atom is -0.325 e. The molecule has 4 rings (SSSR count). The lowest BCUT2D eigenvalue weighted by molar-refractivity contribution is -0.115. The molecule has 0 bridgehead atoms. The lowest BCUT2D eigenvalue weighted by Crippen LogP contribution is -2.24. The van der Waals surface area contributed by atoms with Gasteiger partial charge in [0.1, 0.15) is 0 Å². The predicted molar refractivity (Wildman–Crippen MR) is 120 cm³/mol. The second-order valence-electron chi connectivity index (χ2n) is 6.60. The number of fused-ring (bicyclic) bond motifs is 3. The fourth-order valence-electron chi connectivity index (χ4n) is 3.13. The highest BCUT2D eigenvalue weighted by atomic mass is 35.5. The van der Waals surface area contributed by atoms with Crippen LogP contribution in [-0.4, -0.2) is 30.3 Å². The molecular weight excluding hydrogens is 422 g/mol. The second-order valence-corrected chi connectivity index (χ2v) is 8.34. The molecule has 1 atom stereocenters. The maximum absolute atomic E-state index is 12.9. The summed E-state index contributed by atoms with van der Waals surface area (Å²) < 4.78 is 3.32. The van der Waals surface area contributed by atoms with E-state index in [-0.39, 0.29) is 11.5 Å². The van der Waals surface area contributed by atoms with Crippen molar-refractivity contribution in [1.82, 2.24) is 19.2 Å². The maximum atomic E-state index is 12.9. The molecule has 0 aliphatic heterocycles. The van der Waals surface area contributed by atoms with Crippen LogP contribution in [0.3, 0.4) is 0 Å². The van der Waals surface area contributed by atoms with Gasteiger partial charge in [-0.15, -0.1) is 16.8 Å². The third kappa shape index (κ3) is 3.71. The maximum Gasteiger partial charge on any atom is 0.263 e. The van der Waals surface area contributed by atoms with Crippen LogP contribution in [0.1, 0.15) is 6.92 Å². The van der Waals surface area contributed by atoms with E-state index in [1.54, 1.807) is 47.7 Å². The minimum atomic E-state index is -0.463. The second kappa shape index (κ2) is 8.33. The van der Waals surface area contributed by atoms with E-state index in [1.807, 2.05) is 18.2 Å². The highest BCUT2D eigenvalue weighted by Crippen LogP contribution is 2.26. The molecular formula is C21H18ClN5O2S. The standard InChI is InChI=1S/C21H18ClN5O2S/c1-3-11-26-19(29)16-9-4-5-10-17(16)27-20(26)24-25-21(27)30-13(2)18(28)23-15-8-6-7-14(22)12-15/h3-10,12-13H,1,11H2,2H3,(H,23,28). The first-order valence-corrected chi connectivity index (χ1v) is 10.5. The smallest absolute Gasteiger partial charge is 0.263 e. The molecule has 1 amide bonds. The molecule has 0 saturated carbocycles. The van der Waals surface area contributed by atoms with Gasteiger partial charge >= 0.3 is 0 Å². The van der Waals surface area contributed by atoms with Crippen LogP contribution in [0, 0.1) is 0 Å². The Morgan fingerprint density at radius 1 is 1.27 bits per heavy atom. The Morgan fingerprint density at radius 2 is 2.07 bits per heavy atom. The van der Waals surface area contributed by atoms with Crippen molar-refractivity contribution in [2.45, 2.75) is 23.9 Å². The number of carbonyl (C=O) groups is 1. The normalized spacial score (nSPS) is 12.2. The zero-order valence-corrected chi connectivity index (χ0v) is 17.7. The van der Waals surface area contributed by atoms with Gasteiger partial charge in [0.15, 0.2) is 5.16 Å². The molecule has 9 heteroatoms. The zero-order chi connectivity index (χ0) is 21.3. The summed E-state index contributed by atoms with van der Waals surface area (Å²) in [5, 5.41) is 12.5. The van der Waals surface area contributed by atoms with E-state index in [0.717, 1.165) is 0 Å². The van der Waals surface area contributed by atoms with Crippen LogP contribution in [0.15, 0.2) is 71.1 Å². The molecule has 4 aromatic rings. The van der Waals surface area contributed by atoms with Gasteiger partial charge in [-0.1, -0.05) is 47.6 Å². The first-order valence-electron chi connectivity index (χ1n) is 9.20. The van der Waals surface area contributed by atoms with Gasteiger partial charge in [-0.05, 0) is 37.3 Å². The first-order chi connectivity index (χ1) is 14.5. The number of anilines is 1. The van der Waals surface area contributed by atoms with E-state index in [1.165, 1.54) is 16.3 Å². The van der Waals surface area contributed by atoms with Crippen molar-refractivity contribution < 1.29 is 4.79 Å². The van der Waals surface area contributed by atoms with Crippen LogP contribution in [0.25, 0.3) is 16.7 Å². The number of allylic oxidation sites excluding steroid dienone is 1. The van der Waals surface area contributed by atoms with E-state index < -0.39 is 5.25 Å². The molecule has 2 aromatic carbocycles. The Hall–Kier alpha value is -3.10. The average Bonchev–Trinajstić information content (AvgIpc) is 3.14. The van der Waals surface area contributed by atoms with E-state index >= 15 is 0 Å². The number of rotatable bonds is 6. The number of hydrogen-bond acceptors (Lipinski definition) is 5. The number of para-hydroxylation sites is 1. The Kier molecular flexibility index (Phi) is 5.61. The summed E-state index contributed by atoms with van der Waals surface area (Å²) in [5.74, 6) is 0.214. The molecule has 0 aliphatic carbocycles. The molecule has 0 aliphatic rings. The molecule has 1 N–H and O–H groups in total. The summed E-state index contributed by atoms with van der Waals surface area (Å²) in [4.78, 5) is 25.5. The van der Waals surface area contributed by atoms with Crippen molar-refractivity contribution in [2.75, 3.05) is 5.32 Å². The summed E-state index contributed by atoms with van der Waals surface area (Å²) in [6, 6.07) is 14.2. The van der Waals surface area contributed by atoms with E-state index in [2.05, 4.69) is 22.1 Å². The van der Waals surface area contributed by atoms with Crippen LogP contribution in [-0.2, 0) is 11.3 Å². The summed E-state index contributed by atoms with van der Waals surface area (Å²) in [6.45, 7) is 5.82. The van der Waals surface area contributed by atoms with Crippen LogP contribution >= 0.6 is 23.4 Å². The Balaban J connectivity index is 1.72. The zero-order valence-electron chi connectivity index (χ0n) is 16.1. The number of aromatic nitrogens is 4. The van der Waals surface area contributed by atoms with Gasteiger partial charge in [0.2, 0.25) is 11.7 Å². The van der Waals surface area contributed by atoms with Crippen LogP contribution in [0.4, 0.5) is 5.69 Å². The van der Waals surface area contributed by atoms with Gasteiger partial charge in [0.05, 0.1) is 16.2 Å². The molecule has 30 heavy (non-hydrogen) atoms. The van der Waals surface area contributed by atoms with Gasteiger partial charge in [-0.2, -0.15) is 0 Å². The third-order valence-electron chi connectivity index (χ3n) is 4.53. The molecule has 152 valence electrons. The average molecular weight is 440 g/mol. The molecule has 0 spiro atoms. The van der Waals surface area contributed by atoms with Gasteiger partial charge in [0, 0.05) is 17.3 Å². The van der Waals surface area contributed by atoms with Gasteiger partial charge in [-0.3, -0.25) is 18.6 Å². The number of carbonyl (C=O) groups excluding carboxylic acids is 1. The number of thioether (sulfide) groups is 1. The first kappa shape index (κ1) is 20.2. The summed E-state index contributed by atoms with van der Waals surface area (Å²) in [7, 11) is 0. The minimum absolute atomic E-state index is 0.159. The predicted octanol–water partition coefficient (Wildman–Crippen LogP) is 4.00. The van der Waals surface area contributed by atoms with E-state index in [4.69, 9.17) is 11.6 Å². The summed E-state index contributed by atoms with van der Waals surface area (Å²) >= 11 is 7.25. The molecule has 0 saturated heterocycles. The lowest BCUT2D eigenvalue weighted by atomic mass is 10.2.